The lowest BCUT2D eigenvalue weighted by Gasteiger charge is -2.28. The maximum atomic E-state index is 13.7. The van der Waals surface area contributed by atoms with E-state index in [-0.39, 0.29) is 24.3 Å². The van der Waals surface area contributed by atoms with E-state index in [4.69, 9.17) is 5.73 Å². The van der Waals surface area contributed by atoms with Crippen molar-refractivity contribution in [3.8, 4) is 11.1 Å². The molecule has 2 aromatic carbocycles. The van der Waals surface area contributed by atoms with E-state index in [1.54, 1.807) is 12.3 Å². The van der Waals surface area contributed by atoms with Gasteiger partial charge in [0.25, 0.3) is 0 Å². The molecule has 1 aliphatic heterocycles. The maximum Gasteiger partial charge on any atom is 0.416 e. The number of aromatic nitrogens is 1. The molecule has 1 fully saturated rings. The van der Waals surface area contributed by atoms with Crippen LogP contribution in [-0.2, 0) is 17.5 Å². The number of halogens is 3. The van der Waals surface area contributed by atoms with Gasteiger partial charge in [-0.15, -0.1) is 0 Å². The van der Waals surface area contributed by atoms with E-state index in [1.165, 1.54) is 12.1 Å². The molecular weight excluding hydrogens is 457 g/mol. The summed E-state index contributed by atoms with van der Waals surface area (Å²) in [5, 5.41) is 8.72. The molecule has 10 heteroatoms. The summed E-state index contributed by atoms with van der Waals surface area (Å²) in [6.07, 6.45) is -2.83. The quantitative estimate of drug-likeness (QED) is 0.408. The number of hydrogen-bond donors (Lipinski definition) is 4. The lowest BCUT2D eigenvalue weighted by Crippen LogP contribution is -2.43. The van der Waals surface area contributed by atoms with Gasteiger partial charge in [0.15, 0.2) is 0 Å². The van der Waals surface area contributed by atoms with E-state index in [9.17, 15) is 18.0 Å². The molecule has 3 aromatic rings. The van der Waals surface area contributed by atoms with Gasteiger partial charge in [-0.3, -0.25) is 9.69 Å². The lowest BCUT2D eigenvalue weighted by molar-refractivity contribution is -0.138. The Hall–Kier alpha value is -3.63. The van der Waals surface area contributed by atoms with Crippen LogP contribution in [0.4, 0.5) is 30.4 Å². The molecule has 0 unspecified atom stereocenters. The minimum Gasteiger partial charge on any atom is -0.384 e. The number of amides is 1. The van der Waals surface area contributed by atoms with Crippen molar-refractivity contribution in [3.05, 3.63) is 71.9 Å². The molecule has 184 valence electrons. The van der Waals surface area contributed by atoms with Crippen molar-refractivity contribution < 1.29 is 18.0 Å². The van der Waals surface area contributed by atoms with E-state index >= 15 is 0 Å². The van der Waals surface area contributed by atoms with Crippen molar-refractivity contribution in [2.24, 2.45) is 0 Å². The molecule has 4 rings (SSSR count). The van der Waals surface area contributed by atoms with Gasteiger partial charge in [0, 0.05) is 55.9 Å². The summed E-state index contributed by atoms with van der Waals surface area (Å²) in [6.45, 7) is 3.02. The summed E-state index contributed by atoms with van der Waals surface area (Å²) < 4.78 is 41.1. The summed E-state index contributed by atoms with van der Waals surface area (Å²) in [7, 11) is 0. The first kappa shape index (κ1) is 24.5. The summed E-state index contributed by atoms with van der Waals surface area (Å²) in [5.41, 5.74) is 7.74. The molecule has 1 aromatic heterocycles. The van der Waals surface area contributed by atoms with Crippen LogP contribution in [0.2, 0.25) is 0 Å². The highest BCUT2D eigenvalue weighted by Gasteiger charge is 2.34. The number of nitrogen functional groups attached to an aromatic ring is 1. The van der Waals surface area contributed by atoms with Crippen molar-refractivity contribution >= 4 is 23.1 Å². The number of nitrogens with two attached hydrogens (primary N) is 1. The van der Waals surface area contributed by atoms with E-state index < -0.39 is 17.6 Å². The number of carbonyl (C=O) groups excluding carboxylic acids is 1. The number of anilines is 3. The third-order valence-electron chi connectivity index (χ3n) is 5.76. The van der Waals surface area contributed by atoms with Gasteiger partial charge < -0.3 is 21.7 Å². The second-order valence-electron chi connectivity index (χ2n) is 8.35. The summed E-state index contributed by atoms with van der Waals surface area (Å²) in [6, 6.07) is 14.9. The molecule has 0 aliphatic carbocycles. The second kappa shape index (κ2) is 10.7. The highest BCUT2D eigenvalue weighted by atomic mass is 19.4. The monoisotopic (exact) mass is 484 g/mol. The fraction of sp³-hybridized carbons (Fsp3) is 0.280. The Morgan fingerprint density at radius 3 is 2.34 bits per heavy atom. The van der Waals surface area contributed by atoms with Crippen LogP contribution in [0.3, 0.4) is 0 Å². The minimum absolute atomic E-state index is 0.0906. The maximum absolute atomic E-state index is 13.7. The molecule has 0 bridgehead atoms. The zero-order chi connectivity index (χ0) is 24.8. The van der Waals surface area contributed by atoms with Crippen molar-refractivity contribution in [2.75, 3.05) is 49.1 Å². The van der Waals surface area contributed by atoms with Crippen LogP contribution < -0.4 is 21.7 Å². The number of pyridine rings is 1. The molecule has 1 amide bonds. The Balaban J connectivity index is 1.36. The van der Waals surface area contributed by atoms with Crippen molar-refractivity contribution in [1.29, 1.82) is 0 Å². The number of nitrogens with zero attached hydrogens (tertiary/aromatic N) is 2. The SMILES string of the molecule is Nc1ccc(-c2ccc(NCC(=O)Nc3ccc(CN4CCNCC4)c(C(F)(F)F)c3)cc2)cn1. The van der Waals surface area contributed by atoms with E-state index in [0.29, 0.717) is 24.6 Å². The fourth-order valence-electron chi connectivity index (χ4n) is 3.91. The van der Waals surface area contributed by atoms with Crippen LogP contribution in [0, 0.1) is 0 Å². The molecule has 1 aliphatic rings. The zero-order valence-electron chi connectivity index (χ0n) is 19.0. The van der Waals surface area contributed by atoms with Gasteiger partial charge in [0.2, 0.25) is 5.91 Å². The highest BCUT2D eigenvalue weighted by molar-refractivity contribution is 5.94. The fourth-order valence-corrected chi connectivity index (χ4v) is 3.91. The summed E-state index contributed by atoms with van der Waals surface area (Å²) >= 11 is 0. The Labute approximate surface area is 201 Å². The average molecular weight is 485 g/mol. The van der Waals surface area contributed by atoms with Crippen molar-refractivity contribution in [2.45, 2.75) is 12.7 Å². The van der Waals surface area contributed by atoms with Gasteiger partial charge in [0.05, 0.1) is 12.1 Å². The normalized spacial score (nSPS) is 14.5. The minimum atomic E-state index is -4.51. The number of rotatable bonds is 7. The molecule has 0 atom stereocenters. The van der Waals surface area contributed by atoms with E-state index in [1.807, 2.05) is 35.2 Å². The van der Waals surface area contributed by atoms with Crippen LogP contribution in [0.15, 0.2) is 60.8 Å². The second-order valence-corrected chi connectivity index (χ2v) is 8.35. The van der Waals surface area contributed by atoms with E-state index in [2.05, 4.69) is 20.9 Å². The summed E-state index contributed by atoms with van der Waals surface area (Å²) in [5.74, 6) is -0.00520. The van der Waals surface area contributed by atoms with Gasteiger partial charge in [-0.2, -0.15) is 13.2 Å². The standard InChI is InChI=1S/C25H27F3N6O/c26-25(27,28)22-13-21(7-3-19(22)16-34-11-9-30-10-12-34)33-24(35)15-31-20-5-1-17(2-6-20)18-4-8-23(29)32-14-18/h1-8,13-14,30-31H,9-12,15-16H2,(H2,29,32)(H,33,35). The predicted molar refractivity (Wildman–Crippen MR) is 131 cm³/mol. The summed E-state index contributed by atoms with van der Waals surface area (Å²) in [4.78, 5) is 18.4. The molecule has 35 heavy (non-hydrogen) atoms. The Morgan fingerprint density at radius 1 is 1.00 bits per heavy atom. The van der Waals surface area contributed by atoms with Crippen LogP contribution in [0.1, 0.15) is 11.1 Å². The zero-order valence-corrected chi connectivity index (χ0v) is 19.0. The molecule has 0 saturated carbocycles. The first-order valence-electron chi connectivity index (χ1n) is 11.3. The van der Waals surface area contributed by atoms with Crippen molar-refractivity contribution in [3.63, 3.8) is 0 Å². The Morgan fingerprint density at radius 2 is 1.69 bits per heavy atom. The Bertz CT molecular complexity index is 1140. The number of carbonyl (C=O) groups is 1. The molecule has 0 radical (unpaired) electrons. The molecule has 2 heterocycles. The van der Waals surface area contributed by atoms with Gasteiger partial charge in [-0.25, -0.2) is 4.98 Å². The number of piperazine rings is 1. The van der Waals surface area contributed by atoms with Gasteiger partial charge in [-0.05, 0) is 47.5 Å². The first-order valence-corrected chi connectivity index (χ1v) is 11.3. The Kier molecular flexibility index (Phi) is 7.52. The highest BCUT2D eigenvalue weighted by Crippen LogP contribution is 2.34. The molecule has 5 N–H and O–H groups in total. The smallest absolute Gasteiger partial charge is 0.384 e. The number of alkyl halides is 3. The van der Waals surface area contributed by atoms with Crippen LogP contribution in [0.25, 0.3) is 11.1 Å². The first-order chi connectivity index (χ1) is 16.8. The molecule has 1 saturated heterocycles. The van der Waals surface area contributed by atoms with Gasteiger partial charge >= 0.3 is 6.18 Å². The number of benzene rings is 2. The molecule has 7 nitrogen and oxygen atoms in total. The van der Waals surface area contributed by atoms with Crippen LogP contribution in [-0.4, -0.2) is 48.5 Å². The lowest BCUT2D eigenvalue weighted by atomic mass is 10.0. The number of nitrogens with one attached hydrogen (secondary N) is 3. The molecule has 0 spiro atoms. The van der Waals surface area contributed by atoms with E-state index in [0.717, 1.165) is 30.3 Å². The predicted octanol–water partition coefficient (Wildman–Crippen LogP) is 3.81. The largest absolute Gasteiger partial charge is 0.416 e. The number of hydrogen-bond acceptors (Lipinski definition) is 6. The third-order valence-corrected chi connectivity index (χ3v) is 5.76. The van der Waals surface area contributed by atoms with Gasteiger partial charge in [-0.1, -0.05) is 18.2 Å². The van der Waals surface area contributed by atoms with Crippen molar-refractivity contribution in [1.82, 2.24) is 15.2 Å². The van der Waals surface area contributed by atoms with Crippen LogP contribution >= 0.6 is 0 Å². The topological polar surface area (TPSA) is 95.3 Å². The average Bonchev–Trinajstić information content (AvgIpc) is 2.84. The molecular formula is C25H27F3N6O. The van der Waals surface area contributed by atoms with Gasteiger partial charge in [0.1, 0.15) is 5.82 Å². The van der Waals surface area contributed by atoms with Crippen LogP contribution in [0.5, 0.6) is 0 Å². The third kappa shape index (κ3) is 6.71.